The summed E-state index contributed by atoms with van der Waals surface area (Å²) in [7, 11) is 0. The number of carbonyl (C=O) groups excluding carboxylic acids is 1. The number of anilines is 1. The van der Waals surface area contributed by atoms with Gasteiger partial charge in [0.2, 0.25) is 0 Å². The third-order valence-corrected chi connectivity index (χ3v) is 5.97. The number of hydrogen-bond donors (Lipinski definition) is 4. The van der Waals surface area contributed by atoms with Crippen LogP contribution in [0.1, 0.15) is 69.2 Å². The van der Waals surface area contributed by atoms with Crippen molar-refractivity contribution in [2.24, 2.45) is 5.73 Å². The number of halogens is 1. The fraction of sp³-hybridized carbons (Fsp3) is 0.565. The van der Waals surface area contributed by atoms with Gasteiger partial charge in [0.05, 0.1) is 17.2 Å². The molecule has 1 amide bonds. The summed E-state index contributed by atoms with van der Waals surface area (Å²) >= 11 is 6.13. The Kier molecular flexibility index (Phi) is 8.31. The Bertz CT molecular complexity index is 851. The maximum atomic E-state index is 12.7. The second-order valence-electron chi connectivity index (χ2n) is 8.31. The molecule has 1 fully saturated rings. The number of amides is 1. The lowest BCUT2D eigenvalue weighted by atomic mass is 9.94. The third kappa shape index (κ3) is 6.30. The molecule has 0 saturated heterocycles. The number of carbonyl (C=O) groups is 1. The van der Waals surface area contributed by atoms with Crippen molar-refractivity contribution in [1.82, 2.24) is 15.6 Å². The van der Waals surface area contributed by atoms with Crippen LogP contribution in [0.25, 0.3) is 10.9 Å². The molecule has 1 saturated carbocycles. The first kappa shape index (κ1) is 22.8. The smallest absolute Gasteiger partial charge is 0.256 e. The van der Waals surface area contributed by atoms with E-state index in [1.165, 1.54) is 32.1 Å². The normalized spacial score (nSPS) is 16.9. The summed E-state index contributed by atoms with van der Waals surface area (Å²) in [6.45, 7) is 4.69. The van der Waals surface area contributed by atoms with E-state index < -0.39 is 6.17 Å². The highest BCUT2D eigenvalue weighted by Crippen LogP contribution is 2.24. The predicted molar refractivity (Wildman–Crippen MR) is 125 cm³/mol. The van der Waals surface area contributed by atoms with Crippen molar-refractivity contribution >= 4 is 34.2 Å². The van der Waals surface area contributed by atoms with E-state index in [1.54, 1.807) is 13.0 Å². The fourth-order valence-corrected chi connectivity index (χ4v) is 4.27. The minimum atomic E-state index is -0.435. The molecule has 2 aromatic rings. The molecule has 6 nitrogen and oxygen atoms in total. The Balaban J connectivity index is 1.71. The first-order chi connectivity index (χ1) is 14.5. The molecule has 0 bridgehead atoms. The lowest BCUT2D eigenvalue weighted by molar-refractivity contribution is 0.0942. The van der Waals surface area contributed by atoms with Gasteiger partial charge in [-0.05, 0) is 50.8 Å². The van der Waals surface area contributed by atoms with E-state index in [-0.39, 0.29) is 5.91 Å². The Morgan fingerprint density at radius 3 is 2.73 bits per heavy atom. The van der Waals surface area contributed by atoms with Crippen molar-refractivity contribution in [3.63, 3.8) is 0 Å². The topological polar surface area (TPSA) is 92.1 Å². The quantitative estimate of drug-likeness (QED) is 0.441. The molecule has 30 heavy (non-hydrogen) atoms. The van der Waals surface area contributed by atoms with Gasteiger partial charge < -0.3 is 21.7 Å². The molecule has 0 aliphatic heterocycles. The van der Waals surface area contributed by atoms with Crippen molar-refractivity contribution in [2.75, 3.05) is 11.9 Å². The van der Waals surface area contributed by atoms with Gasteiger partial charge in [-0.1, -0.05) is 43.9 Å². The van der Waals surface area contributed by atoms with E-state index in [0.717, 1.165) is 30.3 Å². The number of rotatable bonds is 9. The highest BCUT2D eigenvalue weighted by molar-refractivity contribution is 6.31. The van der Waals surface area contributed by atoms with Crippen LogP contribution in [0.2, 0.25) is 5.02 Å². The average Bonchev–Trinajstić information content (AvgIpc) is 2.72. The van der Waals surface area contributed by atoms with E-state index in [4.69, 9.17) is 17.3 Å². The van der Waals surface area contributed by atoms with Crippen LogP contribution < -0.4 is 21.7 Å². The highest BCUT2D eigenvalue weighted by Gasteiger charge is 2.18. The summed E-state index contributed by atoms with van der Waals surface area (Å²) in [5.41, 5.74) is 7.02. The standard InChI is InChI=1S/C23H34ClN5O/c1-3-18(28-19-7-5-4-6-8-19)11-12-26-22-20(23(30)27-15(2)25)13-16-9-10-17(24)14-21(16)29-22/h9-10,13-15,18-19,28H,3-8,11-12,25H2,1-2H3,(H,26,29)(H,27,30). The Labute approximate surface area is 184 Å². The Morgan fingerprint density at radius 2 is 2.03 bits per heavy atom. The molecule has 0 spiro atoms. The average molecular weight is 432 g/mol. The third-order valence-electron chi connectivity index (χ3n) is 5.74. The molecule has 0 radical (unpaired) electrons. The van der Waals surface area contributed by atoms with Crippen molar-refractivity contribution in [3.8, 4) is 0 Å². The van der Waals surface area contributed by atoms with Crippen molar-refractivity contribution < 1.29 is 4.79 Å². The summed E-state index contributed by atoms with van der Waals surface area (Å²) in [4.78, 5) is 17.4. The summed E-state index contributed by atoms with van der Waals surface area (Å²) in [5, 5.41) is 11.5. The van der Waals surface area contributed by atoms with Crippen LogP contribution in [-0.2, 0) is 0 Å². The zero-order valence-electron chi connectivity index (χ0n) is 18.0. The molecule has 1 heterocycles. The molecule has 164 valence electrons. The van der Waals surface area contributed by atoms with Crippen molar-refractivity contribution in [1.29, 1.82) is 0 Å². The molecule has 1 aliphatic rings. The number of fused-ring (bicyclic) bond motifs is 1. The van der Waals surface area contributed by atoms with E-state index in [2.05, 4.69) is 27.9 Å². The number of benzene rings is 1. The number of aromatic nitrogens is 1. The van der Waals surface area contributed by atoms with Crippen LogP contribution in [0.3, 0.4) is 0 Å². The van der Waals surface area contributed by atoms with Crippen molar-refractivity contribution in [2.45, 2.75) is 77.0 Å². The minimum absolute atomic E-state index is 0.232. The molecular weight excluding hydrogens is 398 g/mol. The number of nitrogens with zero attached hydrogens (tertiary/aromatic N) is 1. The maximum Gasteiger partial charge on any atom is 0.256 e. The van der Waals surface area contributed by atoms with Crippen LogP contribution in [0.4, 0.5) is 5.82 Å². The lowest BCUT2D eigenvalue weighted by Crippen LogP contribution is -2.40. The van der Waals surface area contributed by atoms with Gasteiger partial charge >= 0.3 is 0 Å². The van der Waals surface area contributed by atoms with E-state index in [0.29, 0.717) is 28.5 Å². The zero-order chi connectivity index (χ0) is 21.5. The molecule has 1 aromatic carbocycles. The van der Waals surface area contributed by atoms with E-state index >= 15 is 0 Å². The first-order valence-corrected chi connectivity index (χ1v) is 11.5. The van der Waals surface area contributed by atoms with Gasteiger partial charge in [0.1, 0.15) is 5.82 Å². The molecule has 2 unspecified atom stereocenters. The maximum absolute atomic E-state index is 12.7. The fourth-order valence-electron chi connectivity index (χ4n) is 4.11. The van der Waals surface area contributed by atoms with Crippen molar-refractivity contribution in [3.05, 3.63) is 34.9 Å². The second kappa shape index (κ2) is 10.9. The van der Waals surface area contributed by atoms with Crippen LogP contribution in [-0.4, -0.2) is 35.7 Å². The van der Waals surface area contributed by atoms with Gasteiger partial charge in [0, 0.05) is 29.0 Å². The Morgan fingerprint density at radius 1 is 1.27 bits per heavy atom. The number of nitrogens with one attached hydrogen (secondary N) is 3. The van der Waals surface area contributed by atoms with Crippen LogP contribution in [0.15, 0.2) is 24.3 Å². The van der Waals surface area contributed by atoms with Gasteiger partial charge in [-0.25, -0.2) is 4.98 Å². The summed E-state index contributed by atoms with van der Waals surface area (Å²) in [6.07, 6.45) is 8.18. The van der Waals surface area contributed by atoms with Gasteiger partial charge in [-0.15, -0.1) is 0 Å². The van der Waals surface area contributed by atoms with Crippen LogP contribution >= 0.6 is 11.6 Å². The van der Waals surface area contributed by atoms with E-state index in [1.807, 2.05) is 18.2 Å². The summed E-state index contributed by atoms with van der Waals surface area (Å²) < 4.78 is 0. The van der Waals surface area contributed by atoms with Crippen LogP contribution in [0, 0.1) is 0 Å². The van der Waals surface area contributed by atoms with Crippen LogP contribution in [0.5, 0.6) is 0 Å². The number of nitrogens with two attached hydrogens (primary N) is 1. The minimum Gasteiger partial charge on any atom is -0.369 e. The largest absolute Gasteiger partial charge is 0.369 e. The predicted octanol–water partition coefficient (Wildman–Crippen LogP) is 4.43. The van der Waals surface area contributed by atoms with Gasteiger partial charge in [-0.2, -0.15) is 0 Å². The summed E-state index contributed by atoms with van der Waals surface area (Å²) in [6, 6.07) is 8.42. The monoisotopic (exact) mass is 431 g/mol. The number of hydrogen-bond acceptors (Lipinski definition) is 5. The zero-order valence-corrected chi connectivity index (χ0v) is 18.8. The van der Waals surface area contributed by atoms with Gasteiger partial charge in [0.25, 0.3) is 5.91 Å². The van der Waals surface area contributed by atoms with Gasteiger partial charge in [-0.3, -0.25) is 4.79 Å². The van der Waals surface area contributed by atoms with E-state index in [9.17, 15) is 4.79 Å². The molecule has 1 aromatic heterocycles. The molecular formula is C23H34ClN5O. The molecule has 2 atom stereocenters. The Hall–Kier alpha value is -1.89. The molecule has 7 heteroatoms. The lowest BCUT2D eigenvalue weighted by Gasteiger charge is -2.28. The molecule has 1 aliphatic carbocycles. The second-order valence-corrected chi connectivity index (χ2v) is 8.74. The molecule has 5 N–H and O–H groups in total. The molecule has 3 rings (SSSR count). The summed E-state index contributed by atoms with van der Waals surface area (Å²) in [5.74, 6) is 0.333. The van der Waals surface area contributed by atoms with Gasteiger partial charge in [0.15, 0.2) is 0 Å². The number of pyridine rings is 1. The highest BCUT2D eigenvalue weighted by atomic mass is 35.5. The SMILES string of the molecule is CCC(CCNc1nc2cc(Cl)ccc2cc1C(=O)NC(C)N)NC1CCCCC1. The first-order valence-electron chi connectivity index (χ1n) is 11.1.